The molecule has 4 rings (SSSR count). The van der Waals surface area contributed by atoms with Crippen LogP contribution in [0.15, 0.2) is 36.5 Å². The van der Waals surface area contributed by atoms with E-state index in [1.54, 1.807) is 0 Å². The van der Waals surface area contributed by atoms with Gasteiger partial charge in [-0.1, -0.05) is 18.2 Å². The van der Waals surface area contributed by atoms with E-state index in [1.165, 1.54) is 47.4 Å². The lowest BCUT2D eigenvalue weighted by Crippen LogP contribution is -2.21. The van der Waals surface area contributed by atoms with Crippen molar-refractivity contribution in [3.05, 3.63) is 59.0 Å². The second-order valence-electron chi connectivity index (χ2n) is 7.35. The van der Waals surface area contributed by atoms with Crippen LogP contribution in [0.2, 0.25) is 0 Å². The van der Waals surface area contributed by atoms with Gasteiger partial charge in [0.2, 0.25) is 0 Å². The Labute approximate surface area is 149 Å². The average Bonchev–Trinajstić information content (AvgIpc) is 3.15. The molecule has 1 aliphatic heterocycles. The van der Waals surface area contributed by atoms with Gasteiger partial charge < -0.3 is 0 Å². The van der Waals surface area contributed by atoms with Gasteiger partial charge >= 0.3 is 0 Å². The molecule has 1 aliphatic rings. The van der Waals surface area contributed by atoms with Gasteiger partial charge in [-0.05, 0) is 56.8 Å². The summed E-state index contributed by atoms with van der Waals surface area (Å²) in [5.74, 6) is 0.725. The van der Waals surface area contributed by atoms with Crippen LogP contribution >= 0.6 is 0 Å². The molecule has 0 bridgehead atoms. The topological polar surface area (TPSA) is 34.0 Å². The molecular weight excluding hydrogens is 308 g/mol. The van der Waals surface area contributed by atoms with Gasteiger partial charge in [0.05, 0.1) is 11.2 Å². The SMILES string of the molecule is Cc1nn(C)c(C)c1CN1CC[C@H](Cc2ccnc3ccccc23)C1. The van der Waals surface area contributed by atoms with Crippen molar-refractivity contribution in [2.75, 3.05) is 13.1 Å². The van der Waals surface area contributed by atoms with E-state index < -0.39 is 0 Å². The Balaban J connectivity index is 1.46. The van der Waals surface area contributed by atoms with Gasteiger partial charge in [-0.2, -0.15) is 5.10 Å². The Morgan fingerprint density at radius 2 is 2.00 bits per heavy atom. The number of nitrogens with zero attached hydrogens (tertiary/aromatic N) is 4. The monoisotopic (exact) mass is 334 g/mol. The molecule has 0 amide bonds. The van der Waals surface area contributed by atoms with Crippen LogP contribution in [0, 0.1) is 19.8 Å². The van der Waals surface area contributed by atoms with Gasteiger partial charge in [0.1, 0.15) is 0 Å². The van der Waals surface area contributed by atoms with E-state index in [0.29, 0.717) is 0 Å². The van der Waals surface area contributed by atoms with Gasteiger partial charge in [-0.25, -0.2) is 0 Å². The van der Waals surface area contributed by atoms with E-state index in [4.69, 9.17) is 0 Å². The first-order valence-corrected chi connectivity index (χ1v) is 9.16. The van der Waals surface area contributed by atoms with Gasteiger partial charge in [-0.3, -0.25) is 14.6 Å². The van der Waals surface area contributed by atoms with Crippen LogP contribution in [-0.4, -0.2) is 32.8 Å². The number of para-hydroxylation sites is 1. The molecule has 0 saturated carbocycles. The maximum absolute atomic E-state index is 4.56. The largest absolute Gasteiger partial charge is 0.299 e. The smallest absolute Gasteiger partial charge is 0.0704 e. The summed E-state index contributed by atoms with van der Waals surface area (Å²) in [6.45, 7) is 7.68. The summed E-state index contributed by atoms with van der Waals surface area (Å²) in [6.07, 6.45) is 4.37. The van der Waals surface area contributed by atoms with E-state index >= 15 is 0 Å². The third-order valence-corrected chi connectivity index (χ3v) is 5.66. The first-order valence-electron chi connectivity index (χ1n) is 9.16. The van der Waals surface area contributed by atoms with Gasteiger partial charge in [0.15, 0.2) is 0 Å². The molecule has 3 aromatic rings. The minimum absolute atomic E-state index is 0.725. The molecule has 0 spiro atoms. The molecular formula is C21H26N4. The molecule has 0 N–H and O–H groups in total. The van der Waals surface area contributed by atoms with E-state index in [9.17, 15) is 0 Å². The van der Waals surface area contributed by atoms with Crippen LogP contribution in [0.25, 0.3) is 10.9 Å². The number of pyridine rings is 1. The molecule has 1 saturated heterocycles. The van der Waals surface area contributed by atoms with E-state index in [2.05, 4.69) is 59.2 Å². The number of likely N-dealkylation sites (tertiary alicyclic amines) is 1. The van der Waals surface area contributed by atoms with Crippen LogP contribution < -0.4 is 0 Å². The highest BCUT2D eigenvalue weighted by Gasteiger charge is 2.25. The highest BCUT2D eigenvalue weighted by molar-refractivity contribution is 5.81. The summed E-state index contributed by atoms with van der Waals surface area (Å²) >= 11 is 0. The molecule has 0 unspecified atom stereocenters. The zero-order chi connectivity index (χ0) is 17.4. The number of aryl methyl sites for hydroxylation is 2. The molecule has 25 heavy (non-hydrogen) atoms. The first kappa shape index (κ1) is 16.3. The number of benzene rings is 1. The maximum atomic E-state index is 4.56. The minimum Gasteiger partial charge on any atom is -0.299 e. The zero-order valence-electron chi connectivity index (χ0n) is 15.4. The Morgan fingerprint density at radius 3 is 2.80 bits per heavy atom. The van der Waals surface area contributed by atoms with E-state index in [0.717, 1.165) is 24.4 Å². The van der Waals surface area contributed by atoms with Gasteiger partial charge in [-0.15, -0.1) is 0 Å². The van der Waals surface area contributed by atoms with Crippen LogP contribution in [0.4, 0.5) is 0 Å². The van der Waals surface area contributed by atoms with Gasteiger partial charge in [0, 0.05) is 43.0 Å². The van der Waals surface area contributed by atoms with Crippen molar-refractivity contribution >= 4 is 10.9 Å². The molecule has 4 nitrogen and oxygen atoms in total. The number of hydrogen-bond acceptors (Lipinski definition) is 3. The van der Waals surface area contributed by atoms with Crippen molar-refractivity contribution in [1.82, 2.24) is 19.7 Å². The highest BCUT2D eigenvalue weighted by atomic mass is 15.3. The minimum atomic E-state index is 0.725. The Hall–Kier alpha value is -2.20. The zero-order valence-corrected chi connectivity index (χ0v) is 15.4. The third kappa shape index (κ3) is 3.19. The molecule has 3 heterocycles. The van der Waals surface area contributed by atoms with Crippen molar-refractivity contribution in [2.45, 2.75) is 33.2 Å². The Bertz CT molecular complexity index is 891. The number of hydrogen-bond donors (Lipinski definition) is 0. The summed E-state index contributed by atoms with van der Waals surface area (Å²) in [5, 5.41) is 5.86. The van der Waals surface area contributed by atoms with Crippen LogP contribution in [-0.2, 0) is 20.0 Å². The van der Waals surface area contributed by atoms with Gasteiger partial charge in [0.25, 0.3) is 0 Å². The number of rotatable bonds is 4. The molecule has 1 atom stereocenters. The summed E-state index contributed by atoms with van der Waals surface area (Å²) in [5.41, 5.74) is 6.41. The summed E-state index contributed by atoms with van der Waals surface area (Å²) < 4.78 is 2.00. The first-order chi connectivity index (χ1) is 12.1. The van der Waals surface area contributed by atoms with E-state index in [-0.39, 0.29) is 0 Å². The second kappa shape index (κ2) is 6.60. The molecule has 0 radical (unpaired) electrons. The lowest BCUT2D eigenvalue weighted by molar-refractivity contribution is 0.315. The molecule has 1 fully saturated rings. The quantitative estimate of drug-likeness (QED) is 0.730. The number of fused-ring (bicyclic) bond motifs is 1. The van der Waals surface area contributed by atoms with Crippen molar-refractivity contribution in [1.29, 1.82) is 0 Å². The molecule has 1 aromatic carbocycles. The molecule has 4 heteroatoms. The van der Waals surface area contributed by atoms with E-state index in [1.807, 2.05) is 17.9 Å². The molecule has 2 aromatic heterocycles. The van der Waals surface area contributed by atoms with Crippen molar-refractivity contribution in [3.63, 3.8) is 0 Å². The molecule has 130 valence electrons. The van der Waals surface area contributed by atoms with Crippen molar-refractivity contribution in [2.24, 2.45) is 13.0 Å². The van der Waals surface area contributed by atoms with Crippen LogP contribution in [0.1, 0.15) is 28.9 Å². The summed E-state index contributed by atoms with van der Waals surface area (Å²) in [6, 6.07) is 10.7. The van der Waals surface area contributed by atoms with Crippen molar-refractivity contribution < 1.29 is 0 Å². The summed E-state index contributed by atoms with van der Waals surface area (Å²) in [7, 11) is 2.03. The van der Waals surface area contributed by atoms with Crippen LogP contribution in [0.3, 0.4) is 0 Å². The lowest BCUT2D eigenvalue weighted by atomic mass is 9.96. The predicted octanol–water partition coefficient (Wildman–Crippen LogP) is 3.65. The van der Waals surface area contributed by atoms with Crippen LogP contribution in [0.5, 0.6) is 0 Å². The Kier molecular flexibility index (Phi) is 4.30. The highest BCUT2D eigenvalue weighted by Crippen LogP contribution is 2.26. The predicted molar refractivity (Wildman–Crippen MR) is 102 cm³/mol. The fraction of sp³-hybridized carbons (Fsp3) is 0.429. The molecule has 0 aliphatic carbocycles. The average molecular weight is 334 g/mol. The number of aromatic nitrogens is 3. The third-order valence-electron chi connectivity index (χ3n) is 5.66. The fourth-order valence-electron chi connectivity index (χ4n) is 4.14. The second-order valence-corrected chi connectivity index (χ2v) is 7.35. The maximum Gasteiger partial charge on any atom is 0.0704 e. The van der Waals surface area contributed by atoms with Crippen molar-refractivity contribution in [3.8, 4) is 0 Å². The standard InChI is InChI=1S/C21H26N4/c1-15-20(16(2)24(3)23-15)14-25-11-9-17(13-25)12-18-8-10-22-21-7-5-4-6-19(18)21/h4-8,10,17H,9,11-14H2,1-3H3/t17-/m1/s1. The normalized spacial score (nSPS) is 18.3. The lowest BCUT2D eigenvalue weighted by Gasteiger charge is -2.17. The summed E-state index contributed by atoms with van der Waals surface area (Å²) in [4.78, 5) is 7.08. The fourth-order valence-corrected chi connectivity index (χ4v) is 4.14. The Morgan fingerprint density at radius 1 is 1.16 bits per heavy atom.